The lowest BCUT2D eigenvalue weighted by Crippen LogP contribution is -2.29. The van der Waals surface area contributed by atoms with E-state index in [1.807, 2.05) is 6.07 Å². The summed E-state index contributed by atoms with van der Waals surface area (Å²) in [7, 11) is 0. The molecule has 0 spiro atoms. The molecule has 0 fully saturated rings. The van der Waals surface area contributed by atoms with Crippen LogP contribution in [0, 0.1) is 5.92 Å². The fourth-order valence-corrected chi connectivity index (χ4v) is 1.15. The molecule has 1 atom stereocenters. The van der Waals surface area contributed by atoms with Crippen LogP contribution >= 0.6 is 0 Å². The molecule has 0 bridgehead atoms. The fourth-order valence-electron chi connectivity index (χ4n) is 1.15. The molecular formula is C11H15N3O2. The molecule has 0 saturated heterocycles. The minimum absolute atomic E-state index is 0.121. The number of hydrogen-bond donors (Lipinski definition) is 2. The summed E-state index contributed by atoms with van der Waals surface area (Å²) in [5.41, 5.74) is 5.98. The Kier molecular flexibility index (Phi) is 4.44. The first-order valence-electron chi connectivity index (χ1n) is 5.04. The number of nitrogens with two attached hydrogens (primary N) is 1. The van der Waals surface area contributed by atoms with Gasteiger partial charge in [0.15, 0.2) is 0 Å². The summed E-state index contributed by atoms with van der Waals surface area (Å²) in [6.45, 7) is 2.05. The van der Waals surface area contributed by atoms with Crippen LogP contribution in [0.25, 0.3) is 0 Å². The minimum Gasteiger partial charge on any atom is -0.369 e. The zero-order valence-electron chi connectivity index (χ0n) is 9.14. The number of carbonyl (C=O) groups is 2. The normalized spacial score (nSPS) is 11.8. The van der Waals surface area contributed by atoms with Gasteiger partial charge in [-0.05, 0) is 11.6 Å². The molecule has 86 valence electrons. The molecule has 1 heterocycles. The number of pyridine rings is 1. The van der Waals surface area contributed by atoms with Crippen molar-refractivity contribution in [3.8, 4) is 0 Å². The molecule has 16 heavy (non-hydrogen) atoms. The van der Waals surface area contributed by atoms with Gasteiger partial charge in [0.1, 0.15) is 0 Å². The Labute approximate surface area is 94.1 Å². The summed E-state index contributed by atoms with van der Waals surface area (Å²) in [6.07, 6.45) is 3.47. The molecule has 2 amide bonds. The molecule has 5 nitrogen and oxygen atoms in total. The van der Waals surface area contributed by atoms with Crippen LogP contribution in [0.1, 0.15) is 18.9 Å². The van der Waals surface area contributed by atoms with Crippen molar-refractivity contribution in [3.63, 3.8) is 0 Å². The van der Waals surface area contributed by atoms with Crippen molar-refractivity contribution in [1.82, 2.24) is 10.3 Å². The SMILES string of the molecule is CC(CC(=O)NCc1cccnc1)C(N)=O. The van der Waals surface area contributed by atoms with E-state index in [-0.39, 0.29) is 12.3 Å². The summed E-state index contributed by atoms with van der Waals surface area (Å²) in [6, 6.07) is 3.66. The Balaban J connectivity index is 2.33. The molecule has 0 aliphatic rings. The first-order chi connectivity index (χ1) is 7.59. The van der Waals surface area contributed by atoms with Crippen LogP contribution in [0.3, 0.4) is 0 Å². The molecule has 3 N–H and O–H groups in total. The first-order valence-corrected chi connectivity index (χ1v) is 5.04. The lowest BCUT2D eigenvalue weighted by Gasteiger charge is -2.08. The van der Waals surface area contributed by atoms with Crippen molar-refractivity contribution in [2.24, 2.45) is 11.7 Å². The molecule has 1 unspecified atom stereocenters. The fraction of sp³-hybridized carbons (Fsp3) is 0.364. The number of primary amides is 1. The van der Waals surface area contributed by atoms with Gasteiger partial charge >= 0.3 is 0 Å². The maximum atomic E-state index is 11.4. The van der Waals surface area contributed by atoms with E-state index in [0.29, 0.717) is 6.54 Å². The maximum Gasteiger partial charge on any atom is 0.221 e. The van der Waals surface area contributed by atoms with Crippen molar-refractivity contribution >= 4 is 11.8 Å². The highest BCUT2D eigenvalue weighted by molar-refractivity contribution is 5.84. The largest absolute Gasteiger partial charge is 0.369 e. The Morgan fingerprint density at radius 1 is 1.56 bits per heavy atom. The molecular weight excluding hydrogens is 206 g/mol. The highest BCUT2D eigenvalue weighted by atomic mass is 16.2. The van der Waals surface area contributed by atoms with E-state index >= 15 is 0 Å². The van der Waals surface area contributed by atoms with Gasteiger partial charge in [-0.1, -0.05) is 13.0 Å². The van der Waals surface area contributed by atoms with Gasteiger partial charge in [0.25, 0.3) is 0 Å². The van der Waals surface area contributed by atoms with Crippen molar-refractivity contribution in [2.45, 2.75) is 19.9 Å². The van der Waals surface area contributed by atoms with E-state index in [1.54, 1.807) is 25.4 Å². The van der Waals surface area contributed by atoms with Gasteiger partial charge in [-0.3, -0.25) is 14.6 Å². The molecule has 1 aromatic rings. The average Bonchev–Trinajstić information content (AvgIpc) is 2.27. The van der Waals surface area contributed by atoms with Gasteiger partial charge in [0.2, 0.25) is 11.8 Å². The van der Waals surface area contributed by atoms with Gasteiger partial charge in [0, 0.05) is 31.3 Å². The Bertz CT molecular complexity index is 365. The molecule has 5 heteroatoms. The predicted octanol–water partition coefficient (Wildman–Crippen LogP) is 0.209. The lowest BCUT2D eigenvalue weighted by molar-refractivity contribution is -0.128. The number of nitrogens with one attached hydrogen (secondary N) is 1. The summed E-state index contributed by atoms with van der Waals surface area (Å²) in [5, 5.41) is 2.70. The third-order valence-electron chi connectivity index (χ3n) is 2.19. The quantitative estimate of drug-likeness (QED) is 0.745. The molecule has 0 aromatic carbocycles. The second-order valence-electron chi connectivity index (χ2n) is 3.65. The van der Waals surface area contributed by atoms with Crippen LogP contribution in [0.4, 0.5) is 0 Å². The van der Waals surface area contributed by atoms with Crippen molar-refractivity contribution in [1.29, 1.82) is 0 Å². The molecule has 1 aromatic heterocycles. The van der Waals surface area contributed by atoms with Crippen LogP contribution in [-0.4, -0.2) is 16.8 Å². The number of aromatic nitrogens is 1. The number of hydrogen-bond acceptors (Lipinski definition) is 3. The minimum atomic E-state index is -0.462. The predicted molar refractivity (Wildman–Crippen MR) is 59.1 cm³/mol. The highest BCUT2D eigenvalue weighted by Crippen LogP contribution is 2.01. The Hall–Kier alpha value is -1.91. The second-order valence-corrected chi connectivity index (χ2v) is 3.65. The van der Waals surface area contributed by atoms with E-state index in [4.69, 9.17) is 5.73 Å². The van der Waals surface area contributed by atoms with Crippen molar-refractivity contribution in [3.05, 3.63) is 30.1 Å². The van der Waals surface area contributed by atoms with Gasteiger partial charge in [-0.2, -0.15) is 0 Å². The van der Waals surface area contributed by atoms with E-state index < -0.39 is 11.8 Å². The average molecular weight is 221 g/mol. The van der Waals surface area contributed by atoms with Crippen LogP contribution in [-0.2, 0) is 16.1 Å². The van der Waals surface area contributed by atoms with Gasteiger partial charge in [-0.25, -0.2) is 0 Å². The zero-order valence-corrected chi connectivity index (χ0v) is 9.14. The summed E-state index contributed by atoms with van der Waals surface area (Å²) >= 11 is 0. The smallest absolute Gasteiger partial charge is 0.221 e. The van der Waals surface area contributed by atoms with Crippen LogP contribution in [0.5, 0.6) is 0 Å². The molecule has 1 rings (SSSR count). The third-order valence-corrected chi connectivity index (χ3v) is 2.19. The maximum absolute atomic E-state index is 11.4. The Morgan fingerprint density at radius 3 is 2.88 bits per heavy atom. The van der Waals surface area contributed by atoms with Crippen molar-refractivity contribution in [2.75, 3.05) is 0 Å². The van der Waals surface area contributed by atoms with E-state index in [0.717, 1.165) is 5.56 Å². The summed E-state index contributed by atoms with van der Waals surface area (Å²) < 4.78 is 0. The van der Waals surface area contributed by atoms with E-state index in [1.165, 1.54) is 0 Å². The standard InChI is InChI=1S/C11H15N3O2/c1-8(11(12)16)5-10(15)14-7-9-3-2-4-13-6-9/h2-4,6,8H,5,7H2,1H3,(H2,12,16)(H,14,15). The molecule has 0 aliphatic carbocycles. The lowest BCUT2D eigenvalue weighted by atomic mass is 10.1. The third kappa shape index (κ3) is 4.08. The zero-order chi connectivity index (χ0) is 12.0. The topological polar surface area (TPSA) is 85.1 Å². The van der Waals surface area contributed by atoms with E-state index in [9.17, 15) is 9.59 Å². The monoisotopic (exact) mass is 221 g/mol. The molecule has 0 saturated carbocycles. The van der Waals surface area contributed by atoms with Crippen LogP contribution in [0.2, 0.25) is 0 Å². The van der Waals surface area contributed by atoms with Gasteiger partial charge < -0.3 is 11.1 Å². The van der Waals surface area contributed by atoms with Crippen LogP contribution in [0.15, 0.2) is 24.5 Å². The van der Waals surface area contributed by atoms with Crippen molar-refractivity contribution < 1.29 is 9.59 Å². The van der Waals surface area contributed by atoms with Gasteiger partial charge in [0.05, 0.1) is 0 Å². The number of rotatable bonds is 5. The van der Waals surface area contributed by atoms with Crippen LogP contribution < -0.4 is 11.1 Å². The molecule has 0 aliphatic heterocycles. The number of amides is 2. The first kappa shape index (κ1) is 12.2. The molecule has 0 radical (unpaired) electrons. The highest BCUT2D eigenvalue weighted by Gasteiger charge is 2.13. The van der Waals surface area contributed by atoms with E-state index in [2.05, 4.69) is 10.3 Å². The Morgan fingerprint density at radius 2 is 2.31 bits per heavy atom. The summed E-state index contributed by atoms with van der Waals surface area (Å²) in [5.74, 6) is -1.08. The number of carbonyl (C=O) groups excluding carboxylic acids is 2. The summed E-state index contributed by atoms with van der Waals surface area (Å²) in [4.78, 5) is 26.1. The number of nitrogens with zero attached hydrogens (tertiary/aromatic N) is 1. The second kappa shape index (κ2) is 5.85. The van der Waals surface area contributed by atoms with Gasteiger partial charge in [-0.15, -0.1) is 0 Å².